The van der Waals surface area contributed by atoms with Crippen LogP contribution in [0, 0.1) is 25.2 Å². The molecule has 0 amide bonds. The van der Waals surface area contributed by atoms with Gasteiger partial charge in [-0.15, -0.1) is 0 Å². The topological polar surface area (TPSA) is 12.0 Å². The molecule has 0 bridgehead atoms. The lowest BCUT2D eigenvalue weighted by Gasteiger charge is -2.23. The summed E-state index contributed by atoms with van der Waals surface area (Å²) in [5, 5.41) is 3.73. The second kappa shape index (κ2) is 5.05. The molecule has 1 aromatic carbocycles. The molecule has 0 radical (unpaired) electrons. The van der Waals surface area contributed by atoms with Gasteiger partial charge in [0.15, 0.2) is 0 Å². The quantitative estimate of drug-likeness (QED) is 0.811. The van der Waals surface area contributed by atoms with Crippen molar-refractivity contribution in [3.05, 3.63) is 34.9 Å². The molecule has 0 aliphatic heterocycles. The van der Waals surface area contributed by atoms with Crippen molar-refractivity contribution in [1.29, 1.82) is 0 Å². The Kier molecular flexibility index (Phi) is 3.82. The van der Waals surface area contributed by atoms with Gasteiger partial charge >= 0.3 is 0 Å². The predicted octanol–water partition coefficient (Wildman–Crippen LogP) is 4.39. The van der Waals surface area contributed by atoms with Crippen molar-refractivity contribution in [2.45, 2.75) is 53.5 Å². The van der Waals surface area contributed by atoms with Gasteiger partial charge in [0.2, 0.25) is 0 Å². The van der Waals surface area contributed by atoms with Crippen LogP contribution in [0.25, 0.3) is 0 Å². The lowest BCUT2D eigenvalue weighted by atomic mass is 9.92. The summed E-state index contributed by atoms with van der Waals surface area (Å²) in [6.45, 7) is 12.5. The van der Waals surface area contributed by atoms with E-state index < -0.39 is 0 Å². The van der Waals surface area contributed by atoms with E-state index in [1.165, 1.54) is 36.1 Å². The van der Waals surface area contributed by atoms with Gasteiger partial charge in [0.1, 0.15) is 0 Å². The molecule has 1 fully saturated rings. The Morgan fingerprint density at radius 2 is 1.78 bits per heavy atom. The van der Waals surface area contributed by atoms with Gasteiger partial charge in [-0.3, -0.25) is 0 Å². The molecule has 1 N–H and O–H groups in total. The average molecular weight is 245 g/mol. The minimum atomic E-state index is 0.459. The Morgan fingerprint density at radius 3 is 2.28 bits per heavy atom. The molecule has 0 saturated heterocycles. The fourth-order valence-electron chi connectivity index (χ4n) is 2.63. The van der Waals surface area contributed by atoms with E-state index in [9.17, 15) is 0 Å². The number of hydrogen-bond acceptors (Lipinski definition) is 1. The number of benzene rings is 1. The van der Waals surface area contributed by atoms with Gasteiger partial charge in [0.05, 0.1) is 0 Å². The number of rotatable bonds is 5. The zero-order chi connectivity index (χ0) is 13.3. The van der Waals surface area contributed by atoms with Crippen molar-refractivity contribution < 1.29 is 0 Å². The second-order valence-corrected chi connectivity index (χ2v) is 6.46. The van der Waals surface area contributed by atoms with Crippen LogP contribution in [0.5, 0.6) is 0 Å². The molecule has 0 heterocycles. The van der Waals surface area contributed by atoms with Gasteiger partial charge in [0.25, 0.3) is 0 Å². The zero-order valence-corrected chi connectivity index (χ0v) is 12.5. The van der Waals surface area contributed by atoms with E-state index in [1.807, 2.05) is 0 Å². The van der Waals surface area contributed by atoms with Crippen molar-refractivity contribution in [3.63, 3.8) is 0 Å². The van der Waals surface area contributed by atoms with Gasteiger partial charge in [0, 0.05) is 12.6 Å². The van der Waals surface area contributed by atoms with Crippen LogP contribution >= 0.6 is 0 Å². The first-order valence-electron chi connectivity index (χ1n) is 7.25. The summed E-state index contributed by atoms with van der Waals surface area (Å²) in [6.07, 6.45) is 2.80. The Morgan fingerprint density at radius 1 is 1.11 bits per heavy atom. The maximum Gasteiger partial charge on any atom is 0.0292 e. The highest BCUT2D eigenvalue weighted by Gasteiger charge is 2.44. The number of nitrogens with one attached hydrogen (secondary N) is 1. The van der Waals surface area contributed by atoms with Crippen LogP contribution in [0.3, 0.4) is 0 Å². The monoisotopic (exact) mass is 245 g/mol. The molecule has 0 aromatic heterocycles. The predicted molar refractivity (Wildman–Crippen MR) is 78.8 cm³/mol. The first kappa shape index (κ1) is 13.6. The minimum absolute atomic E-state index is 0.459. The first-order chi connectivity index (χ1) is 8.44. The highest BCUT2D eigenvalue weighted by Crippen LogP contribution is 2.51. The maximum atomic E-state index is 3.73. The molecule has 1 aliphatic rings. The van der Waals surface area contributed by atoms with Crippen LogP contribution in [-0.2, 0) is 0 Å². The third-order valence-electron chi connectivity index (χ3n) is 4.91. The number of aryl methyl sites for hydroxylation is 2. The molecule has 1 aliphatic carbocycles. The summed E-state index contributed by atoms with van der Waals surface area (Å²) in [5.74, 6) is 0.803. The molecular weight excluding hydrogens is 218 g/mol. The molecule has 1 unspecified atom stereocenters. The van der Waals surface area contributed by atoms with Crippen LogP contribution in [0.2, 0.25) is 0 Å². The summed E-state index contributed by atoms with van der Waals surface area (Å²) >= 11 is 0. The Bertz CT molecular complexity index is 416. The Labute approximate surface area is 112 Å². The van der Waals surface area contributed by atoms with Crippen LogP contribution in [0.15, 0.2) is 18.2 Å². The first-order valence-corrected chi connectivity index (χ1v) is 7.25. The highest BCUT2D eigenvalue weighted by atomic mass is 14.9. The SMILES string of the molecule is Cc1ccc(C(C)NCC2(C(C)C)CC2)cc1C. The van der Waals surface area contributed by atoms with Gasteiger partial charge in [-0.25, -0.2) is 0 Å². The van der Waals surface area contributed by atoms with E-state index >= 15 is 0 Å². The summed E-state index contributed by atoms with van der Waals surface area (Å²) < 4.78 is 0. The summed E-state index contributed by atoms with van der Waals surface area (Å²) in [4.78, 5) is 0. The summed E-state index contributed by atoms with van der Waals surface area (Å²) in [6, 6.07) is 7.27. The van der Waals surface area contributed by atoms with E-state index in [0.717, 1.165) is 5.92 Å². The lowest BCUT2D eigenvalue weighted by molar-refractivity contribution is 0.325. The smallest absolute Gasteiger partial charge is 0.0292 e. The number of hydrogen-bond donors (Lipinski definition) is 1. The van der Waals surface area contributed by atoms with Crippen molar-refractivity contribution in [3.8, 4) is 0 Å². The van der Waals surface area contributed by atoms with Gasteiger partial charge in [-0.2, -0.15) is 0 Å². The third-order valence-corrected chi connectivity index (χ3v) is 4.91. The Hall–Kier alpha value is -0.820. The molecule has 1 saturated carbocycles. The molecule has 100 valence electrons. The Balaban J connectivity index is 1.95. The molecule has 2 rings (SSSR count). The third kappa shape index (κ3) is 2.77. The van der Waals surface area contributed by atoms with E-state index in [4.69, 9.17) is 0 Å². The van der Waals surface area contributed by atoms with Crippen molar-refractivity contribution >= 4 is 0 Å². The zero-order valence-electron chi connectivity index (χ0n) is 12.5. The van der Waals surface area contributed by atoms with E-state index in [2.05, 4.69) is 58.1 Å². The average Bonchev–Trinajstić information content (AvgIpc) is 3.11. The standard InChI is InChI=1S/C17H27N/c1-12(2)17(8-9-17)11-18-15(5)16-7-6-13(3)14(4)10-16/h6-7,10,12,15,18H,8-9,11H2,1-5H3. The van der Waals surface area contributed by atoms with Crippen molar-refractivity contribution in [1.82, 2.24) is 5.32 Å². The van der Waals surface area contributed by atoms with Crippen LogP contribution in [-0.4, -0.2) is 6.54 Å². The lowest BCUT2D eigenvalue weighted by Crippen LogP contribution is -2.29. The molecule has 0 spiro atoms. The molecular formula is C17H27N. The van der Waals surface area contributed by atoms with Crippen molar-refractivity contribution in [2.24, 2.45) is 11.3 Å². The normalized spacial score (nSPS) is 19.0. The van der Waals surface area contributed by atoms with Crippen molar-refractivity contribution in [2.75, 3.05) is 6.54 Å². The molecule has 1 heteroatoms. The fraction of sp³-hybridized carbons (Fsp3) is 0.647. The molecule has 18 heavy (non-hydrogen) atoms. The van der Waals surface area contributed by atoms with E-state index in [-0.39, 0.29) is 0 Å². The van der Waals surface area contributed by atoms with Gasteiger partial charge in [-0.1, -0.05) is 32.0 Å². The summed E-state index contributed by atoms with van der Waals surface area (Å²) in [7, 11) is 0. The van der Waals surface area contributed by atoms with E-state index in [0.29, 0.717) is 11.5 Å². The molecule has 1 aromatic rings. The van der Waals surface area contributed by atoms with Gasteiger partial charge < -0.3 is 5.32 Å². The van der Waals surface area contributed by atoms with Crippen LogP contribution in [0.4, 0.5) is 0 Å². The molecule has 1 nitrogen and oxygen atoms in total. The fourth-order valence-corrected chi connectivity index (χ4v) is 2.63. The second-order valence-electron chi connectivity index (χ2n) is 6.46. The van der Waals surface area contributed by atoms with Crippen LogP contribution in [0.1, 0.15) is 56.3 Å². The molecule has 1 atom stereocenters. The highest BCUT2D eigenvalue weighted by molar-refractivity contribution is 5.31. The maximum absolute atomic E-state index is 3.73. The largest absolute Gasteiger partial charge is 0.310 e. The van der Waals surface area contributed by atoms with E-state index in [1.54, 1.807) is 0 Å². The van der Waals surface area contributed by atoms with Crippen LogP contribution < -0.4 is 5.32 Å². The minimum Gasteiger partial charge on any atom is -0.310 e. The van der Waals surface area contributed by atoms with Gasteiger partial charge in [-0.05, 0) is 61.6 Å². The summed E-state index contributed by atoms with van der Waals surface area (Å²) in [5.41, 5.74) is 4.78.